The van der Waals surface area contributed by atoms with Crippen LogP contribution in [-0.4, -0.2) is 0 Å². The zero-order chi connectivity index (χ0) is 37.2. The monoisotopic (exact) mass is 731 g/mol. The second-order valence-electron chi connectivity index (χ2n) is 15.0. The smallest absolute Gasteiger partial charge is 0.0467 e. The van der Waals surface area contributed by atoms with Gasteiger partial charge in [0.25, 0.3) is 0 Å². The van der Waals surface area contributed by atoms with E-state index in [0.29, 0.717) is 0 Å². The number of rotatable bonds is 6. The lowest BCUT2D eigenvalue weighted by Crippen LogP contribution is -2.22. The van der Waals surface area contributed by atoms with E-state index in [2.05, 4.69) is 218 Å². The van der Waals surface area contributed by atoms with E-state index in [0.717, 1.165) is 17.1 Å². The van der Waals surface area contributed by atoms with Gasteiger partial charge >= 0.3 is 0 Å². The molecule has 0 radical (unpaired) electrons. The molecule has 11 rings (SSSR count). The molecular weight excluding hydrogens is 695 g/mol. The van der Waals surface area contributed by atoms with Crippen LogP contribution in [-0.2, 0) is 5.41 Å². The van der Waals surface area contributed by atoms with Crippen molar-refractivity contribution in [3.05, 3.63) is 223 Å². The summed E-state index contributed by atoms with van der Waals surface area (Å²) in [6, 6.07) is 76.0. The highest BCUT2D eigenvalue weighted by molar-refractivity contribution is 7.99. The first-order chi connectivity index (χ1) is 27.6. The van der Waals surface area contributed by atoms with Crippen molar-refractivity contribution in [1.82, 2.24) is 0 Å². The van der Waals surface area contributed by atoms with Crippen LogP contribution in [0, 0.1) is 0 Å². The van der Waals surface area contributed by atoms with Gasteiger partial charge in [-0.2, -0.15) is 0 Å². The van der Waals surface area contributed by atoms with Crippen LogP contribution in [0.15, 0.2) is 216 Å². The van der Waals surface area contributed by atoms with Gasteiger partial charge in [-0.15, -0.1) is 0 Å². The minimum Gasteiger partial charge on any atom is -0.310 e. The maximum absolute atomic E-state index is 2.44. The molecule has 1 atom stereocenters. The molecule has 1 unspecified atom stereocenters. The third-order valence-corrected chi connectivity index (χ3v) is 13.1. The SMILES string of the molecule is CC1(c2ccccc2)c2ccccc2-c2ccc(N(c3ccc(-c4ccccc4)cc3)c3cccc(-c4ccc5c(c4)-c4cccc6cccc(c46)S5)c3)cc21. The maximum atomic E-state index is 2.44. The van der Waals surface area contributed by atoms with Gasteiger partial charge in [0.15, 0.2) is 0 Å². The predicted octanol–water partition coefficient (Wildman–Crippen LogP) is 15.1. The Kier molecular flexibility index (Phi) is 7.62. The van der Waals surface area contributed by atoms with Gasteiger partial charge in [0, 0.05) is 37.7 Å². The summed E-state index contributed by atoms with van der Waals surface area (Å²) in [4.78, 5) is 5.06. The van der Waals surface area contributed by atoms with E-state index in [1.165, 1.54) is 81.8 Å². The highest BCUT2D eigenvalue weighted by Crippen LogP contribution is 2.54. The third-order valence-electron chi connectivity index (χ3n) is 11.9. The highest BCUT2D eigenvalue weighted by atomic mass is 32.2. The Morgan fingerprint density at radius 3 is 1.82 bits per heavy atom. The van der Waals surface area contributed by atoms with Gasteiger partial charge in [-0.05, 0) is 128 Å². The lowest BCUT2D eigenvalue weighted by atomic mass is 9.74. The normalized spacial score (nSPS) is 14.9. The van der Waals surface area contributed by atoms with E-state index in [4.69, 9.17) is 0 Å². The van der Waals surface area contributed by atoms with Gasteiger partial charge in [-0.3, -0.25) is 0 Å². The Morgan fingerprint density at radius 1 is 0.375 bits per heavy atom. The first-order valence-electron chi connectivity index (χ1n) is 19.3. The van der Waals surface area contributed by atoms with E-state index < -0.39 is 0 Å². The second kappa shape index (κ2) is 13.0. The Labute approximate surface area is 332 Å². The second-order valence-corrected chi connectivity index (χ2v) is 16.1. The molecule has 56 heavy (non-hydrogen) atoms. The number of hydrogen-bond donors (Lipinski definition) is 0. The molecule has 0 N–H and O–H groups in total. The summed E-state index contributed by atoms with van der Waals surface area (Å²) in [6.07, 6.45) is 0. The van der Waals surface area contributed by atoms with Crippen molar-refractivity contribution in [2.45, 2.75) is 22.1 Å². The molecule has 0 saturated carbocycles. The minimum atomic E-state index is -0.295. The van der Waals surface area contributed by atoms with Crippen LogP contribution in [0.1, 0.15) is 23.6 Å². The van der Waals surface area contributed by atoms with Crippen LogP contribution in [0.3, 0.4) is 0 Å². The summed E-state index contributed by atoms with van der Waals surface area (Å²) in [6.45, 7) is 2.39. The third kappa shape index (κ3) is 5.17. The van der Waals surface area contributed by atoms with Gasteiger partial charge in [0.05, 0.1) is 0 Å². The van der Waals surface area contributed by atoms with Gasteiger partial charge in [-0.1, -0.05) is 163 Å². The topological polar surface area (TPSA) is 3.24 Å². The standard InChI is InChI=1S/C54H37NS/c1-54(41-18-6-3-7-19-41)49-23-9-8-21-45(49)46-31-30-44(35-50(46)54)55(42-28-25-37(26-29-42)36-13-4-2-5-14-36)43-20-10-17-39(33-43)40-27-32-51-48(34-40)47-22-11-15-38-16-12-24-52(56-51)53(38)47/h2-35H,1H3. The highest BCUT2D eigenvalue weighted by Gasteiger charge is 2.41. The van der Waals surface area contributed by atoms with E-state index in [1.807, 2.05) is 11.8 Å². The van der Waals surface area contributed by atoms with Crippen molar-refractivity contribution < 1.29 is 0 Å². The molecule has 0 spiro atoms. The van der Waals surface area contributed by atoms with Crippen molar-refractivity contribution in [2.75, 3.05) is 4.90 Å². The maximum Gasteiger partial charge on any atom is 0.0467 e. The summed E-state index contributed by atoms with van der Waals surface area (Å²) < 4.78 is 0. The summed E-state index contributed by atoms with van der Waals surface area (Å²) in [5.74, 6) is 0. The summed E-state index contributed by atoms with van der Waals surface area (Å²) >= 11 is 1.88. The van der Waals surface area contributed by atoms with Gasteiger partial charge in [0.1, 0.15) is 0 Å². The molecule has 9 aromatic carbocycles. The van der Waals surface area contributed by atoms with Crippen LogP contribution in [0.25, 0.3) is 55.3 Å². The number of hydrogen-bond acceptors (Lipinski definition) is 2. The predicted molar refractivity (Wildman–Crippen MR) is 236 cm³/mol. The van der Waals surface area contributed by atoms with Crippen molar-refractivity contribution >= 4 is 39.6 Å². The Hall–Kier alpha value is -6.61. The van der Waals surface area contributed by atoms with Gasteiger partial charge in [-0.25, -0.2) is 0 Å². The lowest BCUT2D eigenvalue weighted by Gasteiger charge is -2.31. The van der Waals surface area contributed by atoms with Crippen LogP contribution in [0.5, 0.6) is 0 Å². The summed E-state index contributed by atoms with van der Waals surface area (Å²) in [5.41, 5.74) is 17.1. The zero-order valence-electron chi connectivity index (χ0n) is 31.0. The largest absolute Gasteiger partial charge is 0.310 e. The molecule has 0 saturated heterocycles. The van der Waals surface area contributed by atoms with Crippen LogP contribution in [0.2, 0.25) is 0 Å². The fraction of sp³-hybridized carbons (Fsp3) is 0.0370. The van der Waals surface area contributed by atoms with E-state index in [-0.39, 0.29) is 5.41 Å². The zero-order valence-corrected chi connectivity index (χ0v) is 31.8. The van der Waals surface area contributed by atoms with E-state index in [1.54, 1.807) is 0 Å². The van der Waals surface area contributed by atoms with Crippen molar-refractivity contribution in [3.8, 4) is 44.5 Å². The molecule has 264 valence electrons. The number of fused-ring (bicyclic) bond motifs is 5. The van der Waals surface area contributed by atoms with Gasteiger partial charge in [0.2, 0.25) is 0 Å². The minimum absolute atomic E-state index is 0.295. The van der Waals surface area contributed by atoms with Crippen molar-refractivity contribution in [1.29, 1.82) is 0 Å². The van der Waals surface area contributed by atoms with E-state index >= 15 is 0 Å². The molecule has 1 aliphatic carbocycles. The van der Waals surface area contributed by atoms with Crippen molar-refractivity contribution in [3.63, 3.8) is 0 Å². The molecule has 0 bridgehead atoms. The number of benzene rings is 9. The van der Waals surface area contributed by atoms with Crippen LogP contribution < -0.4 is 4.90 Å². The van der Waals surface area contributed by atoms with Gasteiger partial charge < -0.3 is 4.90 Å². The number of anilines is 3. The van der Waals surface area contributed by atoms with Crippen LogP contribution in [0.4, 0.5) is 17.1 Å². The van der Waals surface area contributed by atoms with Crippen molar-refractivity contribution in [2.24, 2.45) is 0 Å². The molecule has 0 aromatic heterocycles. The summed E-state index contributed by atoms with van der Waals surface area (Å²) in [7, 11) is 0. The molecular formula is C54H37NS. The lowest BCUT2D eigenvalue weighted by molar-refractivity contribution is 0.714. The molecule has 1 nitrogen and oxygen atoms in total. The Balaban J connectivity index is 1.06. The molecule has 2 aliphatic rings. The summed E-state index contributed by atoms with van der Waals surface area (Å²) in [5, 5.41) is 2.64. The van der Waals surface area contributed by atoms with E-state index in [9.17, 15) is 0 Å². The number of nitrogens with zero attached hydrogens (tertiary/aromatic N) is 1. The average Bonchev–Trinajstić information content (AvgIpc) is 3.53. The fourth-order valence-electron chi connectivity index (χ4n) is 9.15. The molecule has 1 aliphatic heterocycles. The average molecular weight is 732 g/mol. The molecule has 9 aromatic rings. The molecule has 1 heterocycles. The fourth-order valence-corrected chi connectivity index (χ4v) is 10.3. The molecule has 0 amide bonds. The first-order valence-corrected chi connectivity index (χ1v) is 20.2. The molecule has 0 fully saturated rings. The first kappa shape index (κ1) is 32.8. The Bertz CT molecular complexity index is 2940. The Morgan fingerprint density at radius 2 is 0.982 bits per heavy atom. The quantitative estimate of drug-likeness (QED) is 0.168. The van der Waals surface area contributed by atoms with Crippen LogP contribution >= 0.6 is 11.8 Å². The molecule has 2 heteroatoms.